The smallest absolute Gasteiger partial charge is 0.409 e. The van der Waals surface area contributed by atoms with Crippen LogP contribution in [-0.4, -0.2) is 43.8 Å². The first-order chi connectivity index (χ1) is 8.79. The molecular formula is C14H24N2O2. The van der Waals surface area contributed by atoms with Gasteiger partial charge in [-0.1, -0.05) is 12.2 Å². The molecular weight excluding hydrogens is 228 g/mol. The summed E-state index contributed by atoms with van der Waals surface area (Å²) in [6, 6.07) is 0.434. The highest BCUT2D eigenvalue weighted by Crippen LogP contribution is 2.18. The van der Waals surface area contributed by atoms with E-state index in [0.29, 0.717) is 6.04 Å². The minimum absolute atomic E-state index is 0.193. The van der Waals surface area contributed by atoms with Crippen molar-refractivity contribution in [3.05, 3.63) is 12.2 Å². The zero-order valence-corrected chi connectivity index (χ0v) is 11.2. The number of methoxy groups -OCH3 is 1. The topological polar surface area (TPSA) is 41.6 Å². The molecule has 2 aliphatic rings. The zero-order valence-electron chi connectivity index (χ0n) is 11.2. The number of carbonyl (C=O) groups is 1. The van der Waals surface area contributed by atoms with Gasteiger partial charge in [0.1, 0.15) is 0 Å². The van der Waals surface area contributed by atoms with Crippen LogP contribution in [0.25, 0.3) is 0 Å². The predicted octanol–water partition coefficient (Wildman–Crippen LogP) is 2.16. The molecule has 1 fully saturated rings. The van der Waals surface area contributed by atoms with Gasteiger partial charge in [0.05, 0.1) is 7.11 Å². The van der Waals surface area contributed by atoms with Crippen LogP contribution in [0, 0.1) is 5.92 Å². The molecule has 0 aromatic carbocycles. The summed E-state index contributed by atoms with van der Waals surface area (Å²) >= 11 is 0. The summed E-state index contributed by atoms with van der Waals surface area (Å²) in [5.41, 5.74) is 0. The second-order valence-corrected chi connectivity index (χ2v) is 5.31. The van der Waals surface area contributed by atoms with Crippen LogP contribution in [0.3, 0.4) is 0 Å². The maximum Gasteiger partial charge on any atom is 0.409 e. The molecule has 0 saturated carbocycles. The maximum absolute atomic E-state index is 11.5. The number of ether oxygens (including phenoxy) is 1. The Morgan fingerprint density at radius 2 is 2.33 bits per heavy atom. The van der Waals surface area contributed by atoms with Crippen molar-refractivity contribution in [2.24, 2.45) is 5.92 Å². The number of hydrogen-bond donors (Lipinski definition) is 1. The molecule has 2 atom stereocenters. The first-order valence-electron chi connectivity index (χ1n) is 7.01. The molecule has 1 heterocycles. The Hall–Kier alpha value is -1.03. The molecule has 0 bridgehead atoms. The average molecular weight is 252 g/mol. The monoisotopic (exact) mass is 252 g/mol. The van der Waals surface area contributed by atoms with E-state index < -0.39 is 0 Å². The highest BCUT2D eigenvalue weighted by Gasteiger charge is 2.24. The Kier molecular flexibility index (Phi) is 5.05. The summed E-state index contributed by atoms with van der Waals surface area (Å²) in [6.45, 7) is 2.69. The molecule has 0 aromatic heterocycles. The normalized spacial score (nSPS) is 28.2. The van der Waals surface area contributed by atoms with Crippen molar-refractivity contribution >= 4 is 6.09 Å². The first kappa shape index (κ1) is 13.4. The first-order valence-corrected chi connectivity index (χ1v) is 7.01. The van der Waals surface area contributed by atoms with Gasteiger partial charge in [-0.2, -0.15) is 0 Å². The fourth-order valence-electron chi connectivity index (χ4n) is 2.81. The second-order valence-electron chi connectivity index (χ2n) is 5.31. The van der Waals surface area contributed by atoms with Gasteiger partial charge in [0.25, 0.3) is 0 Å². The standard InChI is InChI=1S/C14H24N2O2/c1-18-14(17)16-9-5-8-13(11-16)15-10-12-6-3-2-4-7-12/h2-3,12-13,15H,4-11H2,1H3/t12-,13-/m1/s1. The van der Waals surface area contributed by atoms with Gasteiger partial charge in [0, 0.05) is 19.1 Å². The van der Waals surface area contributed by atoms with Gasteiger partial charge in [-0.05, 0) is 44.6 Å². The average Bonchev–Trinajstić information content (AvgIpc) is 2.45. The molecule has 0 unspecified atom stereocenters. The van der Waals surface area contributed by atoms with Crippen molar-refractivity contribution in [3.63, 3.8) is 0 Å². The largest absolute Gasteiger partial charge is 0.453 e. The van der Waals surface area contributed by atoms with Crippen LogP contribution in [0.4, 0.5) is 4.79 Å². The van der Waals surface area contributed by atoms with Crippen LogP contribution in [-0.2, 0) is 4.74 Å². The number of rotatable bonds is 3. The van der Waals surface area contributed by atoms with Gasteiger partial charge in [0.2, 0.25) is 0 Å². The van der Waals surface area contributed by atoms with Crippen molar-refractivity contribution < 1.29 is 9.53 Å². The summed E-state index contributed by atoms with van der Waals surface area (Å²) in [6.07, 6.45) is 10.3. The Balaban J connectivity index is 1.72. The fraction of sp³-hybridized carbons (Fsp3) is 0.786. The van der Waals surface area contributed by atoms with Crippen molar-refractivity contribution in [2.45, 2.75) is 38.1 Å². The number of carbonyl (C=O) groups excluding carboxylic acids is 1. The Morgan fingerprint density at radius 3 is 3.06 bits per heavy atom. The van der Waals surface area contributed by atoms with Crippen LogP contribution >= 0.6 is 0 Å². The van der Waals surface area contributed by atoms with Gasteiger partial charge in [-0.15, -0.1) is 0 Å². The SMILES string of the molecule is COC(=O)N1CCC[C@@H](NC[C@@H]2CC=CCC2)C1. The lowest BCUT2D eigenvalue weighted by atomic mass is 9.94. The van der Waals surface area contributed by atoms with Crippen molar-refractivity contribution in [1.29, 1.82) is 0 Å². The Morgan fingerprint density at radius 1 is 1.44 bits per heavy atom. The van der Waals surface area contributed by atoms with E-state index in [-0.39, 0.29) is 6.09 Å². The van der Waals surface area contributed by atoms with E-state index >= 15 is 0 Å². The van der Waals surface area contributed by atoms with Crippen LogP contribution in [0.15, 0.2) is 12.2 Å². The van der Waals surface area contributed by atoms with E-state index in [1.165, 1.54) is 26.4 Å². The molecule has 0 radical (unpaired) electrons. The van der Waals surface area contributed by atoms with Gasteiger partial charge in [-0.3, -0.25) is 0 Å². The van der Waals surface area contributed by atoms with Crippen molar-refractivity contribution in [1.82, 2.24) is 10.2 Å². The highest BCUT2D eigenvalue weighted by molar-refractivity contribution is 5.67. The van der Waals surface area contributed by atoms with Crippen LogP contribution < -0.4 is 5.32 Å². The van der Waals surface area contributed by atoms with Crippen LogP contribution in [0.5, 0.6) is 0 Å². The lowest BCUT2D eigenvalue weighted by Gasteiger charge is -2.33. The van der Waals surface area contributed by atoms with Gasteiger partial charge < -0.3 is 15.0 Å². The minimum Gasteiger partial charge on any atom is -0.453 e. The molecule has 1 saturated heterocycles. The molecule has 18 heavy (non-hydrogen) atoms. The minimum atomic E-state index is -0.193. The number of hydrogen-bond acceptors (Lipinski definition) is 3. The van der Waals surface area contributed by atoms with E-state index in [0.717, 1.165) is 38.4 Å². The summed E-state index contributed by atoms with van der Waals surface area (Å²) in [5.74, 6) is 0.767. The molecule has 1 aliphatic heterocycles. The van der Waals surface area contributed by atoms with Gasteiger partial charge in [-0.25, -0.2) is 4.79 Å². The molecule has 1 N–H and O–H groups in total. The van der Waals surface area contributed by atoms with Gasteiger partial charge in [0.15, 0.2) is 0 Å². The van der Waals surface area contributed by atoms with E-state index in [1.807, 2.05) is 4.90 Å². The van der Waals surface area contributed by atoms with Crippen molar-refractivity contribution in [3.8, 4) is 0 Å². The maximum atomic E-state index is 11.5. The molecule has 2 rings (SSSR count). The number of amides is 1. The molecule has 0 aromatic rings. The number of likely N-dealkylation sites (tertiary alicyclic amines) is 1. The Labute approximate surface area is 109 Å². The Bertz CT molecular complexity index is 304. The molecule has 1 amide bonds. The quantitative estimate of drug-likeness (QED) is 0.783. The summed E-state index contributed by atoms with van der Waals surface area (Å²) in [5, 5.41) is 3.62. The molecule has 0 spiro atoms. The second kappa shape index (κ2) is 6.78. The molecule has 102 valence electrons. The van der Waals surface area contributed by atoms with Crippen LogP contribution in [0.2, 0.25) is 0 Å². The molecule has 4 heteroatoms. The van der Waals surface area contributed by atoms with Crippen molar-refractivity contribution in [2.75, 3.05) is 26.7 Å². The molecule has 1 aliphatic carbocycles. The lowest BCUT2D eigenvalue weighted by Crippen LogP contribution is -2.48. The zero-order chi connectivity index (χ0) is 12.8. The predicted molar refractivity (Wildman–Crippen MR) is 71.5 cm³/mol. The van der Waals surface area contributed by atoms with E-state index in [4.69, 9.17) is 4.74 Å². The third-order valence-electron chi connectivity index (χ3n) is 3.93. The summed E-state index contributed by atoms with van der Waals surface area (Å²) < 4.78 is 4.78. The summed E-state index contributed by atoms with van der Waals surface area (Å²) in [7, 11) is 1.45. The fourth-order valence-corrected chi connectivity index (χ4v) is 2.81. The number of allylic oxidation sites excluding steroid dienone is 2. The van der Waals surface area contributed by atoms with Gasteiger partial charge >= 0.3 is 6.09 Å². The lowest BCUT2D eigenvalue weighted by molar-refractivity contribution is 0.107. The third-order valence-corrected chi connectivity index (χ3v) is 3.93. The van der Waals surface area contributed by atoms with E-state index in [1.54, 1.807) is 0 Å². The third kappa shape index (κ3) is 3.73. The summed E-state index contributed by atoms with van der Waals surface area (Å²) in [4.78, 5) is 13.3. The molecule has 4 nitrogen and oxygen atoms in total. The van der Waals surface area contributed by atoms with E-state index in [9.17, 15) is 4.79 Å². The van der Waals surface area contributed by atoms with E-state index in [2.05, 4.69) is 17.5 Å². The number of nitrogens with zero attached hydrogens (tertiary/aromatic N) is 1. The number of nitrogens with one attached hydrogen (secondary N) is 1. The van der Waals surface area contributed by atoms with Crippen LogP contribution in [0.1, 0.15) is 32.1 Å². The number of piperidine rings is 1. The highest BCUT2D eigenvalue weighted by atomic mass is 16.5.